The second-order valence-electron chi connectivity index (χ2n) is 6.86. The Kier molecular flexibility index (Phi) is 5.02. The maximum Gasteiger partial charge on any atom is 0.248 e. The summed E-state index contributed by atoms with van der Waals surface area (Å²) < 4.78 is 5.81. The highest BCUT2D eigenvalue weighted by molar-refractivity contribution is 7.99. The van der Waals surface area contributed by atoms with E-state index in [2.05, 4.69) is 22.1 Å². The summed E-state index contributed by atoms with van der Waals surface area (Å²) in [5.41, 5.74) is 0.751. The van der Waals surface area contributed by atoms with E-state index in [0.29, 0.717) is 17.6 Å². The smallest absolute Gasteiger partial charge is 0.248 e. The molecule has 0 radical (unpaired) electrons. The van der Waals surface area contributed by atoms with Crippen molar-refractivity contribution >= 4 is 35.3 Å². The van der Waals surface area contributed by atoms with E-state index in [-0.39, 0.29) is 5.91 Å². The highest BCUT2D eigenvalue weighted by Gasteiger charge is 2.36. The van der Waals surface area contributed by atoms with E-state index in [1.54, 1.807) is 12.3 Å². The van der Waals surface area contributed by atoms with E-state index in [0.717, 1.165) is 41.9 Å². The summed E-state index contributed by atoms with van der Waals surface area (Å²) in [5, 5.41) is 2.95. The Morgan fingerprint density at radius 1 is 1.35 bits per heavy atom. The van der Waals surface area contributed by atoms with E-state index in [9.17, 15) is 4.79 Å². The van der Waals surface area contributed by atoms with Crippen molar-refractivity contribution < 1.29 is 9.21 Å². The van der Waals surface area contributed by atoms with Gasteiger partial charge in [-0.3, -0.25) is 4.79 Å². The van der Waals surface area contributed by atoms with Crippen LogP contribution >= 0.6 is 11.8 Å². The second-order valence-corrected chi connectivity index (χ2v) is 8.08. The van der Waals surface area contributed by atoms with Crippen LogP contribution in [0.2, 0.25) is 0 Å². The minimum Gasteiger partial charge on any atom is -0.461 e. The minimum absolute atomic E-state index is 0.177. The molecule has 0 bridgehead atoms. The zero-order chi connectivity index (χ0) is 17.9. The molecule has 1 aliphatic heterocycles. The molecule has 0 aromatic carbocycles. The quantitative estimate of drug-likeness (QED) is 0.807. The number of anilines is 2. The van der Waals surface area contributed by atoms with E-state index in [1.165, 1.54) is 12.5 Å². The number of furan rings is 1. The number of carbonyl (C=O) groups is 1. The predicted octanol–water partition coefficient (Wildman–Crippen LogP) is 4.00. The first-order valence-electron chi connectivity index (χ1n) is 9.07. The maximum absolute atomic E-state index is 12.3. The summed E-state index contributed by atoms with van der Waals surface area (Å²) in [6.45, 7) is 4.13. The van der Waals surface area contributed by atoms with Gasteiger partial charge in [0.05, 0.1) is 5.69 Å². The number of thioether (sulfide) groups is 1. The Balaban J connectivity index is 1.41. The topological polar surface area (TPSA) is 58.4 Å². The van der Waals surface area contributed by atoms with Crippen LogP contribution in [0.5, 0.6) is 0 Å². The maximum atomic E-state index is 12.3. The van der Waals surface area contributed by atoms with Gasteiger partial charge in [0.2, 0.25) is 5.91 Å². The monoisotopic (exact) mass is 369 g/mol. The van der Waals surface area contributed by atoms with Gasteiger partial charge >= 0.3 is 0 Å². The fourth-order valence-electron chi connectivity index (χ4n) is 3.23. The van der Waals surface area contributed by atoms with Crippen molar-refractivity contribution in [1.29, 1.82) is 0 Å². The molecule has 26 heavy (non-hydrogen) atoms. The number of aromatic nitrogens is 1. The third kappa shape index (κ3) is 3.96. The average Bonchev–Trinajstić information content (AvgIpc) is 3.21. The molecule has 1 saturated heterocycles. The molecule has 0 unspecified atom stereocenters. The lowest BCUT2D eigenvalue weighted by Crippen LogP contribution is -2.33. The van der Waals surface area contributed by atoms with Crippen LogP contribution in [0.3, 0.4) is 0 Å². The molecule has 2 aliphatic rings. The van der Waals surface area contributed by atoms with Crippen molar-refractivity contribution in [3.8, 4) is 0 Å². The number of nitrogens with one attached hydrogen (secondary N) is 1. The van der Waals surface area contributed by atoms with Gasteiger partial charge in [0.15, 0.2) is 5.82 Å². The van der Waals surface area contributed by atoms with Crippen LogP contribution in [0, 0.1) is 5.92 Å². The molecule has 1 saturated carbocycles. The molecule has 1 N–H and O–H groups in total. The Morgan fingerprint density at radius 2 is 2.15 bits per heavy atom. The molecule has 1 amide bonds. The van der Waals surface area contributed by atoms with Gasteiger partial charge in [0.1, 0.15) is 11.5 Å². The Hall–Kier alpha value is -2.21. The Bertz CT molecular complexity index is 811. The van der Waals surface area contributed by atoms with Crippen LogP contribution in [0.1, 0.15) is 30.8 Å². The van der Waals surface area contributed by atoms with Crippen LogP contribution < -0.4 is 10.2 Å². The normalized spacial score (nSPS) is 22.6. The van der Waals surface area contributed by atoms with Gasteiger partial charge in [-0.25, -0.2) is 4.98 Å². The van der Waals surface area contributed by atoms with Crippen molar-refractivity contribution in [3.63, 3.8) is 0 Å². The van der Waals surface area contributed by atoms with E-state index < -0.39 is 0 Å². The van der Waals surface area contributed by atoms with Gasteiger partial charge in [-0.1, -0.05) is 6.92 Å². The summed E-state index contributed by atoms with van der Waals surface area (Å²) in [5.74, 6) is 5.84. The molecule has 6 heteroatoms. The number of carbonyl (C=O) groups excluding carboxylic acids is 1. The Labute approximate surface area is 157 Å². The summed E-state index contributed by atoms with van der Waals surface area (Å²) in [6.07, 6.45) is 6.20. The van der Waals surface area contributed by atoms with Crippen molar-refractivity contribution in [2.24, 2.45) is 5.92 Å². The van der Waals surface area contributed by atoms with Gasteiger partial charge in [-0.15, -0.1) is 0 Å². The van der Waals surface area contributed by atoms with E-state index >= 15 is 0 Å². The fourth-order valence-corrected chi connectivity index (χ4v) is 4.13. The van der Waals surface area contributed by atoms with E-state index in [1.807, 2.05) is 36.0 Å². The van der Waals surface area contributed by atoms with Gasteiger partial charge in [-0.05, 0) is 42.7 Å². The van der Waals surface area contributed by atoms with Crippen LogP contribution in [-0.4, -0.2) is 35.5 Å². The van der Waals surface area contributed by atoms with Crippen LogP contribution in [0.4, 0.5) is 11.5 Å². The SMILES string of the molecule is C[C@@H]1C[C@H]1c1ccc(/C=C/C(=O)Nc2cccnc2N2CCSCC2)o1. The summed E-state index contributed by atoms with van der Waals surface area (Å²) in [7, 11) is 0. The van der Waals surface area contributed by atoms with Crippen molar-refractivity contribution in [3.05, 3.63) is 48.1 Å². The third-order valence-corrected chi connectivity index (χ3v) is 5.82. The third-order valence-electron chi connectivity index (χ3n) is 4.88. The average molecular weight is 369 g/mol. The molecule has 1 aliphatic carbocycles. The summed E-state index contributed by atoms with van der Waals surface area (Å²) in [4.78, 5) is 19.0. The molecule has 5 nitrogen and oxygen atoms in total. The van der Waals surface area contributed by atoms with Gasteiger partial charge in [-0.2, -0.15) is 11.8 Å². The molecule has 2 fully saturated rings. The predicted molar refractivity (Wildman–Crippen MR) is 107 cm³/mol. The summed E-state index contributed by atoms with van der Waals surface area (Å²) in [6, 6.07) is 7.68. The highest BCUT2D eigenvalue weighted by atomic mass is 32.2. The van der Waals surface area contributed by atoms with Crippen LogP contribution in [0.25, 0.3) is 6.08 Å². The van der Waals surface area contributed by atoms with Crippen LogP contribution in [0.15, 0.2) is 41.0 Å². The molecule has 2 aromatic rings. The van der Waals surface area contributed by atoms with E-state index in [4.69, 9.17) is 4.42 Å². The second kappa shape index (κ2) is 7.58. The zero-order valence-electron chi connectivity index (χ0n) is 14.9. The standard InChI is InChI=1S/C20H23N3O2S/c1-14-13-16(14)18-6-4-15(25-18)5-7-19(24)22-17-3-2-8-21-20(17)23-9-11-26-12-10-23/h2-8,14,16H,9-13H2,1H3,(H,22,24)/b7-5+/t14-,16-/m1/s1. The zero-order valence-corrected chi connectivity index (χ0v) is 15.7. The minimum atomic E-state index is -0.177. The molecule has 2 atom stereocenters. The van der Waals surface area contributed by atoms with Gasteiger partial charge in [0.25, 0.3) is 0 Å². The molecule has 136 valence electrons. The highest BCUT2D eigenvalue weighted by Crippen LogP contribution is 2.47. The fraction of sp³-hybridized carbons (Fsp3) is 0.400. The lowest BCUT2D eigenvalue weighted by Gasteiger charge is -2.28. The van der Waals surface area contributed by atoms with Crippen molar-refractivity contribution in [1.82, 2.24) is 4.98 Å². The first-order valence-corrected chi connectivity index (χ1v) is 10.2. The lowest BCUT2D eigenvalue weighted by molar-refractivity contribution is -0.111. The Morgan fingerprint density at radius 3 is 2.92 bits per heavy atom. The number of rotatable bonds is 5. The molecule has 4 rings (SSSR count). The first kappa shape index (κ1) is 17.2. The molecular formula is C20H23N3O2S. The number of pyridine rings is 1. The first-order chi connectivity index (χ1) is 12.7. The number of nitrogens with zero attached hydrogens (tertiary/aromatic N) is 2. The van der Waals surface area contributed by atoms with Crippen molar-refractivity contribution in [2.45, 2.75) is 19.3 Å². The van der Waals surface area contributed by atoms with Crippen molar-refractivity contribution in [2.75, 3.05) is 34.8 Å². The van der Waals surface area contributed by atoms with Crippen LogP contribution in [-0.2, 0) is 4.79 Å². The van der Waals surface area contributed by atoms with Gasteiger partial charge < -0.3 is 14.6 Å². The summed E-state index contributed by atoms with van der Waals surface area (Å²) >= 11 is 1.95. The number of hydrogen-bond acceptors (Lipinski definition) is 5. The number of hydrogen-bond donors (Lipinski definition) is 1. The largest absolute Gasteiger partial charge is 0.461 e. The van der Waals surface area contributed by atoms with Gasteiger partial charge in [0, 0.05) is 42.8 Å². The molecule has 0 spiro atoms. The molecule has 3 heterocycles. The molecular weight excluding hydrogens is 346 g/mol. The number of amides is 1. The molecule has 2 aromatic heterocycles. The lowest BCUT2D eigenvalue weighted by atomic mass is 10.3.